The molecule has 4 aromatic rings. The fourth-order valence-electron chi connectivity index (χ4n) is 4.31. The molecule has 1 aromatic heterocycles. The average Bonchev–Trinajstić information content (AvgIpc) is 3.14. The summed E-state index contributed by atoms with van der Waals surface area (Å²) in [6.45, 7) is 1.92. The summed E-state index contributed by atoms with van der Waals surface area (Å²) in [7, 11) is 0. The van der Waals surface area contributed by atoms with Gasteiger partial charge in [0.1, 0.15) is 17.0 Å². The Bertz CT molecular complexity index is 1240. The molecule has 31 heavy (non-hydrogen) atoms. The molecule has 1 fully saturated rings. The number of benzene rings is 3. The summed E-state index contributed by atoms with van der Waals surface area (Å²) in [6.07, 6.45) is 1.45. The second kappa shape index (κ2) is 8.33. The first-order valence-electron chi connectivity index (χ1n) is 10.5. The summed E-state index contributed by atoms with van der Waals surface area (Å²) in [5.41, 5.74) is 2.85. The number of piperidine rings is 1. The normalized spacial score (nSPS) is 15.5. The molecule has 1 N–H and O–H groups in total. The van der Waals surface area contributed by atoms with E-state index in [1.165, 1.54) is 6.07 Å². The third kappa shape index (κ3) is 4.03. The highest BCUT2D eigenvalue weighted by Gasteiger charge is 2.26. The van der Waals surface area contributed by atoms with Crippen molar-refractivity contribution in [2.24, 2.45) is 5.92 Å². The van der Waals surface area contributed by atoms with E-state index in [0.717, 1.165) is 53.6 Å². The third-order valence-electron chi connectivity index (χ3n) is 6.05. The van der Waals surface area contributed by atoms with Gasteiger partial charge in [-0.15, -0.1) is 0 Å². The van der Waals surface area contributed by atoms with Crippen LogP contribution in [0.1, 0.15) is 18.4 Å². The molecule has 1 saturated heterocycles. The number of amides is 1. The van der Waals surface area contributed by atoms with Crippen LogP contribution in [0.25, 0.3) is 21.9 Å². The Kier molecular flexibility index (Phi) is 5.38. The zero-order valence-corrected chi connectivity index (χ0v) is 17.7. The lowest BCUT2D eigenvalue weighted by Gasteiger charge is -2.31. The maximum atomic E-state index is 14.0. The number of hydrogen-bond donors (Lipinski definition) is 1. The predicted molar refractivity (Wildman–Crippen MR) is 122 cm³/mol. The van der Waals surface area contributed by atoms with Crippen LogP contribution in [0.2, 0.25) is 5.02 Å². The number of para-hydroxylation sites is 1. The highest BCUT2D eigenvalue weighted by atomic mass is 35.5. The fraction of sp³-hybridized carbons (Fsp3) is 0.240. The summed E-state index contributed by atoms with van der Waals surface area (Å²) in [5, 5.41) is 5.58. The van der Waals surface area contributed by atoms with Gasteiger partial charge in [0, 0.05) is 45.6 Å². The Balaban J connectivity index is 1.22. The number of furan rings is 1. The van der Waals surface area contributed by atoms with Gasteiger partial charge in [0.25, 0.3) is 0 Å². The molecule has 0 atom stereocenters. The molecule has 3 aromatic carbocycles. The lowest BCUT2D eigenvalue weighted by Crippen LogP contribution is -2.38. The molecule has 0 unspecified atom stereocenters. The van der Waals surface area contributed by atoms with Crippen molar-refractivity contribution in [2.75, 3.05) is 18.4 Å². The van der Waals surface area contributed by atoms with Crippen LogP contribution in [-0.4, -0.2) is 23.9 Å². The van der Waals surface area contributed by atoms with Crippen molar-refractivity contribution in [1.82, 2.24) is 4.90 Å². The number of hydrogen-bond acceptors (Lipinski definition) is 3. The van der Waals surface area contributed by atoms with Crippen molar-refractivity contribution in [3.63, 3.8) is 0 Å². The highest BCUT2D eigenvalue weighted by molar-refractivity contribution is 6.31. The zero-order valence-electron chi connectivity index (χ0n) is 16.9. The quantitative estimate of drug-likeness (QED) is 0.412. The third-order valence-corrected chi connectivity index (χ3v) is 6.40. The molecule has 0 bridgehead atoms. The average molecular weight is 437 g/mol. The molecule has 1 amide bonds. The van der Waals surface area contributed by atoms with Crippen molar-refractivity contribution < 1.29 is 13.6 Å². The number of rotatable bonds is 4. The van der Waals surface area contributed by atoms with E-state index in [9.17, 15) is 9.18 Å². The van der Waals surface area contributed by atoms with E-state index in [1.54, 1.807) is 12.1 Å². The van der Waals surface area contributed by atoms with E-state index in [1.807, 2.05) is 42.5 Å². The zero-order chi connectivity index (χ0) is 21.4. The lowest BCUT2D eigenvalue weighted by molar-refractivity contribution is -0.121. The van der Waals surface area contributed by atoms with E-state index in [4.69, 9.17) is 16.0 Å². The van der Waals surface area contributed by atoms with Crippen LogP contribution in [0.4, 0.5) is 10.1 Å². The van der Waals surface area contributed by atoms with Gasteiger partial charge in [0.15, 0.2) is 0 Å². The first kappa shape index (κ1) is 20.0. The van der Waals surface area contributed by atoms with Crippen molar-refractivity contribution in [2.45, 2.75) is 19.4 Å². The minimum atomic E-state index is -0.284. The van der Waals surface area contributed by atoms with Gasteiger partial charge in [-0.1, -0.05) is 35.9 Å². The molecule has 5 rings (SSSR count). The topological polar surface area (TPSA) is 45.5 Å². The number of halogens is 2. The number of anilines is 1. The van der Waals surface area contributed by atoms with Crippen LogP contribution >= 0.6 is 11.6 Å². The molecule has 1 aliphatic heterocycles. The summed E-state index contributed by atoms with van der Waals surface area (Å²) in [5.74, 6) is -0.342. The van der Waals surface area contributed by atoms with Gasteiger partial charge in [0.2, 0.25) is 5.91 Å². The molecular formula is C25H22ClFN2O2. The Hall–Kier alpha value is -2.89. The van der Waals surface area contributed by atoms with Crippen LogP contribution in [-0.2, 0) is 11.3 Å². The van der Waals surface area contributed by atoms with Gasteiger partial charge < -0.3 is 9.73 Å². The van der Waals surface area contributed by atoms with E-state index in [0.29, 0.717) is 17.1 Å². The lowest BCUT2D eigenvalue weighted by atomic mass is 9.95. The smallest absolute Gasteiger partial charge is 0.227 e. The number of fused-ring (bicyclic) bond motifs is 3. The van der Waals surface area contributed by atoms with Crippen LogP contribution < -0.4 is 5.32 Å². The molecule has 1 aliphatic rings. The number of nitrogens with zero attached hydrogens (tertiary/aromatic N) is 1. The van der Waals surface area contributed by atoms with E-state index >= 15 is 0 Å². The molecular weight excluding hydrogens is 415 g/mol. The summed E-state index contributed by atoms with van der Waals surface area (Å²) in [6, 6.07) is 18.4. The van der Waals surface area contributed by atoms with Gasteiger partial charge in [-0.05, 0) is 56.3 Å². The Morgan fingerprint density at radius 3 is 2.61 bits per heavy atom. The van der Waals surface area contributed by atoms with Crippen LogP contribution in [0.5, 0.6) is 0 Å². The molecule has 0 radical (unpaired) electrons. The summed E-state index contributed by atoms with van der Waals surface area (Å²) in [4.78, 5) is 15.0. The van der Waals surface area contributed by atoms with E-state index < -0.39 is 0 Å². The summed E-state index contributed by atoms with van der Waals surface area (Å²) < 4.78 is 20.0. The van der Waals surface area contributed by atoms with Crippen molar-refractivity contribution in [1.29, 1.82) is 0 Å². The molecule has 4 nitrogen and oxygen atoms in total. The van der Waals surface area contributed by atoms with Crippen LogP contribution in [0, 0.1) is 11.7 Å². The van der Waals surface area contributed by atoms with Crippen LogP contribution in [0.3, 0.4) is 0 Å². The SMILES string of the molecule is O=C(Nc1ccc2c(c1)oc1ccccc12)C1CCN(Cc2c(F)cccc2Cl)CC1. The van der Waals surface area contributed by atoms with Gasteiger partial charge >= 0.3 is 0 Å². The van der Waals surface area contributed by atoms with E-state index in [2.05, 4.69) is 10.2 Å². The largest absolute Gasteiger partial charge is 0.456 e. The number of likely N-dealkylation sites (tertiary alicyclic amines) is 1. The minimum Gasteiger partial charge on any atom is -0.456 e. The molecule has 158 valence electrons. The van der Waals surface area contributed by atoms with Crippen molar-refractivity contribution in [3.8, 4) is 0 Å². The van der Waals surface area contributed by atoms with Gasteiger partial charge in [0.05, 0.1) is 0 Å². The highest BCUT2D eigenvalue weighted by Crippen LogP contribution is 2.31. The first-order valence-corrected chi connectivity index (χ1v) is 10.8. The second-order valence-electron chi connectivity index (χ2n) is 8.05. The van der Waals surface area contributed by atoms with Gasteiger partial charge in [-0.3, -0.25) is 9.69 Å². The van der Waals surface area contributed by atoms with E-state index in [-0.39, 0.29) is 17.6 Å². The molecule has 0 saturated carbocycles. The van der Waals surface area contributed by atoms with Crippen molar-refractivity contribution in [3.05, 3.63) is 77.1 Å². The number of carbonyl (C=O) groups is 1. The first-order chi connectivity index (χ1) is 15.1. The molecule has 0 aliphatic carbocycles. The predicted octanol–water partition coefficient (Wildman–Crippen LogP) is 6.23. The van der Waals surface area contributed by atoms with Crippen LogP contribution in [0.15, 0.2) is 65.1 Å². The Labute approximate surface area is 184 Å². The van der Waals surface area contributed by atoms with Crippen molar-refractivity contribution >= 4 is 45.1 Å². The molecule has 6 heteroatoms. The second-order valence-corrected chi connectivity index (χ2v) is 8.46. The monoisotopic (exact) mass is 436 g/mol. The summed E-state index contributed by atoms with van der Waals surface area (Å²) >= 11 is 6.15. The fourth-order valence-corrected chi connectivity index (χ4v) is 4.53. The van der Waals surface area contributed by atoms with Gasteiger partial charge in [-0.25, -0.2) is 4.39 Å². The maximum Gasteiger partial charge on any atom is 0.227 e. The maximum absolute atomic E-state index is 14.0. The standard InChI is InChI=1S/C25H22ClFN2O2/c26-21-5-3-6-22(27)20(21)15-29-12-10-16(11-13-29)25(30)28-17-8-9-19-18-4-1-2-7-23(18)31-24(19)14-17/h1-9,14,16H,10-13,15H2,(H,28,30). The van der Waals surface area contributed by atoms with Gasteiger partial charge in [-0.2, -0.15) is 0 Å². The Morgan fingerprint density at radius 1 is 1.03 bits per heavy atom. The Morgan fingerprint density at radius 2 is 1.81 bits per heavy atom. The molecule has 0 spiro atoms. The minimum absolute atomic E-state index is 0.0130. The number of carbonyl (C=O) groups excluding carboxylic acids is 1. The molecule has 2 heterocycles. The number of nitrogens with one attached hydrogen (secondary N) is 1.